The molecule has 35 heavy (non-hydrogen) atoms. The molecule has 9 heteroatoms. The van der Waals surface area contributed by atoms with Crippen molar-refractivity contribution in [3.05, 3.63) is 70.3 Å². The van der Waals surface area contributed by atoms with Crippen LogP contribution < -0.4 is 10.6 Å². The Morgan fingerprint density at radius 3 is 2.34 bits per heavy atom. The number of nitrogens with zero attached hydrogens (tertiary/aromatic N) is 3. The second kappa shape index (κ2) is 11.6. The lowest BCUT2D eigenvalue weighted by Gasteiger charge is -2.22. The average Bonchev–Trinajstić information content (AvgIpc) is 3.22. The molecule has 2 N–H and O–H groups in total. The number of hydrogen-bond donors (Lipinski definition) is 2. The first-order valence-corrected chi connectivity index (χ1v) is 12.3. The van der Waals surface area contributed by atoms with Crippen molar-refractivity contribution < 1.29 is 9.59 Å². The van der Waals surface area contributed by atoms with Gasteiger partial charge in [0.05, 0.1) is 16.4 Å². The first-order valence-electron chi connectivity index (χ1n) is 11.5. The van der Waals surface area contributed by atoms with E-state index in [2.05, 4.69) is 10.6 Å². The summed E-state index contributed by atoms with van der Waals surface area (Å²) in [5.74, 6) is 0.155. The van der Waals surface area contributed by atoms with Gasteiger partial charge in [0.1, 0.15) is 12.4 Å². The Morgan fingerprint density at radius 2 is 1.71 bits per heavy atom. The summed E-state index contributed by atoms with van der Waals surface area (Å²) in [6.45, 7) is 8.51. The summed E-state index contributed by atoms with van der Waals surface area (Å²) in [6.07, 6.45) is 1.66. The molecule has 186 valence electrons. The van der Waals surface area contributed by atoms with E-state index in [1.54, 1.807) is 35.0 Å². The molecule has 3 aromatic rings. The second-order valence-electron chi connectivity index (χ2n) is 9.29. The van der Waals surface area contributed by atoms with Crippen molar-refractivity contribution in [2.45, 2.75) is 46.0 Å². The van der Waals surface area contributed by atoms with Gasteiger partial charge in [0.2, 0.25) is 5.91 Å². The quantitative estimate of drug-likeness (QED) is 0.348. The Bertz CT molecular complexity index is 1170. The summed E-state index contributed by atoms with van der Waals surface area (Å²) in [4.78, 5) is 27.5. The van der Waals surface area contributed by atoms with E-state index < -0.39 is 0 Å². The summed E-state index contributed by atoms with van der Waals surface area (Å²) in [7, 11) is 0. The predicted molar refractivity (Wildman–Crippen MR) is 143 cm³/mol. The molecule has 0 radical (unpaired) electrons. The number of anilines is 2. The van der Waals surface area contributed by atoms with Gasteiger partial charge in [-0.3, -0.25) is 4.79 Å². The van der Waals surface area contributed by atoms with Crippen LogP contribution in [-0.2, 0) is 10.2 Å². The van der Waals surface area contributed by atoms with Crippen LogP contribution in [0, 0.1) is 0 Å². The average molecular weight is 516 g/mol. The van der Waals surface area contributed by atoms with Gasteiger partial charge in [-0.05, 0) is 42.8 Å². The minimum Gasteiger partial charge on any atom is -0.315 e. The molecular weight excluding hydrogens is 485 g/mol. The Morgan fingerprint density at radius 1 is 1.03 bits per heavy atom. The number of unbranched alkanes of at least 4 members (excludes halogenated alkanes) is 1. The topological polar surface area (TPSA) is 79.3 Å². The number of carbonyl (C=O) groups excluding carboxylic acids is 2. The van der Waals surface area contributed by atoms with E-state index in [0.29, 0.717) is 33.8 Å². The summed E-state index contributed by atoms with van der Waals surface area (Å²) >= 11 is 12.3. The third-order valence-electron chi connectivity index (χ3n) is 5.32. The number of aromatic nitrogens is 2. The van der Waals surface area contributed by atoms with Crippen molar-refractivity contribution in [1.82, 2.24) is 14.7 Å². The zero-order chi connectivity index (χ0) is 25.6. The molecule has 0 aliphatic carbocycles. The van der Waals surface area contributed by atoms with Crippen LogP contribution in [0.1, 0.15) is 46.2 Å². The van der Waals surface area contributed by atoms with E-state index in [9.17, 15) is 9.59 Å². The maximum atomic E-state index is 13.1. The van der Waals surface area contributed by atoms with Crippen LogP contribution in [0.5, 0.6) is 0 Å². The summed E-state index contributed by atoms with van der Waals surface area (Å²) in [6, 6.07) is 15.6. The van der Waals surface area contributed by atoms with E-state index in [1.165, 1.54) is 4.90 Å². The van der Waals surface area contributed by atoms with Crippen LogP contribution in [0.3, 0.4) is 0 Å². The highest BCUT2D eigenvalue weighted by molar-refractivity contribution is 6.32. The molecule has 1 heterocycles. The van der Waals surface area contributed by atoms with Gasteiger partial charge in [0.25, 0.3) is 0 Å². The highest BCUT2D eigenvalue weighted by Crippen LogP contribution is 2.29. The van der Waals surface area contributed by atoms with Crippen LogP contribution >= 0.6 is 23.2 Å². The van der Waals surface area contributed by atoms with Crippen molar-refractivity contribution >= 4 is 46.6 Å². The van der Waals surface area contributed by atoms with E-state index in [-0.39, 0.29) is 23.9 Å². The minimum atomic E-state index is -0.356. The number of carbonyl (C=O) groups is 2. The molecule has 3 rings (SSSR count). The van der Waals surface area contributed by atoms with Crippen molar-refractivity contribution in [3.8, 4) is 5.69 Å². The van der Waals surface area contributed by atoms with Gasteiger partial charge in [-0.1, -0.05) is 69.5 Å². The minimum absolute atomic E-state index is 0.113. The molecule has 0 spiro atoms. The van der Waals surface area contributed by atoms with Gasteiger partial charge < -0.3 is 15.5 Å². The van der Waals surface area contributed by atoms with Gasteiger partial charge in [-0.15, -0.1) is 0 Å². The lowest BCUT2D eigenvalue weighted by molar-refractivity contribution is -0.116. The lowest BCUT2D eigenvalue weighted by atomic mass is 9.92. The Balaban J connectivity index is 1.81. The van der Waals surface area contributed by atoms with Crippen molar-refractivity contribution in [2.24, 2.45) is 0 Å². The number of benzene rings is 2. The van der Waals surface area contributed by atoms with E-state index >= 15 is 0 Å². The Kier molecular flexibility index (Phi) is 8.81. The zero-order valence-electron chi connectivity index (χ0n) is 20.4. The van der Waals surface area contributed by atoms with Gasteiger partial charge >= 0.3 is 6.03 Å². The lowest BCUT2D eigenvalue weighted by Crippen LogP contribution is -2.41. The fourth-order valence-corrected chi connectivity index (χ4v) is 3.68. The summed E-state index contributed by atoms with van der Waals surface area (Å²) < 4.78 is 1.63. The third-order valence-corrected chi connectivity index (χ3v) is 5.90. The fourth-order valence-electron chi connectivity index (χ4n) is 3.34. The monoisotopic (exact) mass is 515 g/mol. The van der Waals surface area contributed by atoms with E-state index in [1.807, 2.05) is 52.0 Å². The molecular formula is C26H31Cl2N5O2. The second-order valence-corrected chi connectivity index (χ2v) is 10.1. The van der Waals surface area contributed by atoms with Crippen LogP contribution in [0.2, 0.25) is 10.0 Å². The zero-order valence-corrected chi connectivity index (χ0v) is 22.0. The first kappa shape index (κ1) is 26.6. The summed E-state index contributed by atoms with van der Waals surface area (Å²) in [5.41, 5.74) is 1.82. The van der Waals surface area contributed by atoms with Crippen LogP contribution in [0.15, 0.2) is 54.6 Å². The van der Waals surface area contributed by atoms with Crippen molar-refractivity contribution in [3.63, 3.8) is 0 Å². The van der Waals surface area contributed by atoms with Gasteiger partial charge in [0, 0.05) is 28.7 Å². The maximum absolute atomic E-state index is 13.1. The van der Waals surface area contributed by atoms with E-state index in [0.717, 1.165) is 18.5 Å². The molecule has 0 unspecified atom stereocenters. The van der Waals surface area contributed by atoms with Gasteiger partial charge in [-0.25, -0.2) is 9.48 Å². The highest BCUT2D eigenvalue weighted by atomic mass is 35.5. The molecule has 2 aromatic carbocycles. The normalized spacial score (nSPS) is 11.3. The SMILES string of the molecule is CCCCN(CC(=O)Nc1cc(C(C)(C)C)nn1-c1ccccc1Cl)C(=O)Nc1ccc(Cl)cc1. The molecule has 0 atom stereocenters. The highest BCUT2D eigenvalue weighted by Gasteiger charge is 2.23. The number of nitrogens with one attached hydrogen (secondary N) is 2. The number of amides is 3. The number of para-hydroxylation sites is 1. The first-order chi connectivity index (χ1) is 16.6. The van der Waals surface area contributed by atoms with Gasteiger partial charge in [-0.2, -0.15) is 5.10 Å². The number of hydrogen-bond acceptors (Lipinski definition) is 3. The smallest absolute Gasteiger partial charge is 0.315 e. The number of urea groups is 1. The fraction of sp³-hybridized carbons (Fsp3) is 0.346. The molecule has 1 aromatic heterocycles. The number of rotatable bonds is 8. The van der Waals surface area contributed by atoms with Gasteiger partial charge in [0.15, 0.2) is 0 Å². The predicted octanol–water partition coefficient (Wildman–Crippen LogP) is 6.75. The summed E-state index contributed by atoms with van der Waals surface area (Å²) in [5, 5.41) is 11.6. The molecule has 0 fully saturated rings. The van der Waals surface area contributed by atoms with Crippen LogP contribution in [0.4, 0.5) is 16.3 Å². The molecule has 7 nitrogen and oxygen atoms in total. The molecule has 0 aliphatic heterocycles. The third kappa shape index (κ3) is 7.23. The van der Waals surface area contributed by atoms with Crippen LogP contribution in [-0.4, -0.2) is 39.7 Å². The van der Waals surface area contributed by atoms with E-state index in [4.69, 9.17) is 28.3 Å². The molecule has 0 saturated heterocycles. The maximum Gasteiger partial charge on any atom is 0.322 e. The Labute approximate surface area is 216 Å². The largest absolute Gasteiger partial charge is 0.322 e. The van der Waals surface area contributed by atoms with Crippen LogP contribution in [0.25, 0.3) is 5.69 Å². The number of halogens is 2. The molecule has 0 bridgehead atoms. The molecule has 0 saturated carbocycles. The molecule has 0 aliphatic rings. The van der Waals surface area contributed by atoms with Crippen molar-refractivity contribution in [2.75, 3.05) is 23.7 Å². The van der Waals surface area contributed by atoms with Crippen molar-refractivity contribution in [1.29, 1.82) is 0 Å². The Hall–Kier alpha value is -3.03. The standard InChI is InChI=1S/C26H31Cl2N5O2/c1-5-6-15-32(25(35)29-19-13-11-18(27)12-14-19)17-24(34)30-23-16-22(26(2,3)4)31-33(23)21-10-8-7-9-20(21)28/h7-14,16H,5-6,15,17H2,1-4H3,(H,29,35)(H,30,34). The molecule has 3 amide bonds.